The zero-order valence-corrected chi connectivity index (χ0v) is 11.7. The Labute approximate surface area is 105 Å². The fourth-order valence-electron chi connectivity index (χ4n) is 2.34. The van der Waals surface area contributed by atoms with Crippen molar-refractivity contribution in [1.29, 1.82) is 0 Å². The van der Waals surface area contributed by atoms with Gasteiger partial charge in [-0.2, -0.15) is 5.10 Å². The first kappa shape index (κ1) is 14.2. The molecule has 0 saturated carbocycles. The Morgan fingerprint density at radius 2 is 2.12 bits per heavy atom. The molecule has 0 saturated heterocycles. The van der Waals surface area contributed by atoms with Gasteiger partial charge in [0, 0.05) is 19.5 Å². The molecule has 0 radical (unpaired) electrons. The number of nitrogens with zero attached hydrogens (tertiary/aromatic N) is 3. The van der Waals surface area contributed by atoms with Crippen LogP contribution in [-0.4, -0.2) is 27.9 Å². The van der Waals surface area contributed by atoms with Gasteiger partial charge in [0.05, 0.1) is 0 Å². The van der Waals surface area contributed by atoms with E-state index >= 15 is 0 Å². The van der Waals surface area contributed by atoms with Gasteiger partial charge in [0.15, 0.2) is 0 Å². The quantitative estimate of drug-likeness (QED) is 0.755. The summed E-state index contributed by atoms with van der Waals surface area (Å²) in [5.74, 6) is 1.11. The summed E-state index contributed by atoms with van der Waals surface area (Å²) in [5, 5.41) is 7.71. The molecule has 1 heterocycles. The topological polar surface area (TPSA) is 42.7 Å². The smallest absolute Gasteiger partial charge is 0.138 e. The number of aryl methyl sites for hydroxylation is 1. The van der Waals surface area contributed by atoms with Crippen molar-refractivity contribution in [3.8, 4) is 0 Å². The van der Waals surface area contributed by atoms with Crippen LogP contribution in [0.25, 0.3) is 0 Å². The lowest BCUT2D eigenvalue weighted by atomic mass is 9.82. The predicted octanol–water partition coefficient (Wildman–Crippen LogP) is 2.26. The van der Waals surface area contributed by atoms with Crippen molar-refractivity contribution in [3.05, 3.63) is 12.2 Å². The maximum atomic E-state index is 4.39. The van der Waals surface area contributed by atoms with E-state index in [-0.39, 0.29) is 5.41 Å². The summed E-state index contributed by atoms with van der Waals surface area (Å²) in [7, 11) is 0. The molecule has 4 heteroatoms. The Kier molecular flexibility index (Phi) is 5.62. The first-order valence-electron chi connectivity index (χ1n) is 6.72. The fraction of sp³-hybridized carbons (Fsp3) is 0.846. The van der Waals surface area contributed by atoms with Crippen LogP contribution in [0.4, 0.5) is 0 Å². The Balaban J connectivity index is 2.71. The standard InChI is InChI=1S/C13H26N4/c1-5-8-13(4,10-14-6-2)9-12-15-11-16-17(12)7-3/h11,14H,5-10H2,1-4H3. The molecule has 4 nitrogen and oxygen atoms in total. The van der Waals surface area contributed by atoms with E-state index in [1.165, 1.54) is 12.8 Å². The average Bonchev–Trinajstić information content (AvgIpc) is 2.74. The van der Waals surface area contributed by atoms with Crippen LogP contribution >= 0.6 is 0 Å². The molecular weight excluding hydrogens is 212 g/mol. The number of aromatic nitrogens is 3. The lowest BCUT2D eigenvalue weighted by Gasteiger charge is -2.29. The molecule has 0 aliphatic carbocycles. The van der Waals surface area contributed by atoms with Gasteiger partial charge in [-0.1, -0.05) is 27.2 Å². The van der Waals surface area contributed by atoms with Gasteiger partial charge in [-0.3, -0.25) is 4.68 Å². The maximum absolute atomic E-state index is 4.39. The SMILES string of the molecule is CCCC(C)(CNCC)Cc1ncnn1CC. The van der Waals surface area contributed by atoms with Gasteiger partial charge in [-0.15, -0.1) is 0 Å². The third-order valence-electron chi connectivity index (χ3n) is 3.24. The average molecular weight is 238 g/mol. The molecule has 1 rings (SSSR count). The van der Waals surface area contributed by atoms with E-state index in [0.717, 1.165) is 31.9 Å². The minimum atomic E-state index is 0.282. The van der Waals surface area contributed by atoms with Crippen molar-refractivity contribution < 1.29 is 0 Å². The summed E-state index contributed by atoms with van der Waals surface area (Å²) in [6, 6.07) is 0. The molecule has 1 aromatic rings. The minimum absolute atomic E-state index is 0.282. The van der Waals surface area contributed by atoms with Crippen LogP contribution in [0.15, 0.2) is 6.33 Å². The van der Waals surface area contributed by atoms with Crippen LogP contribution in [0.5, 0.6) is 0 Å². The highest BCUT2D eigenvalue weighted by Crippen LogP contribution is 2.26. The van der Waals surface area contributed by atoms with E-state index in [1.807, 2.05) is 4.68 Å². The Morgan fingerprint density at radius 3 is 2.71 bits per heavy atom. The van der Waals surface area contributed by atoms with Crippen molar-refractivity contribution in [2.24, 2.45) is 5.41 Å². The number of nitrogens with one attached hydrogen (secondary N) is 1. The fourth-order valence-corrected chi connectivity index (χ4v) is 2.34. The molecule has 0 spiro atoms. The van der Waals surface area contributed by atoms with Crippen molar-refractivity contribution in [2.75, 3.05) is 13.1 Å². The monoisotopic (exact) mass is 238 g/mol. The number of hydrogen-bond acceptors (Lipinski definition) is 3. The Bertz CT molecular complexity index is 321. The molecule has 0 amide bonds. The number of rotatable bonds is 8. The van der Waals surface area contributed by atoms with E-state index < -0.39 is 0 Å². The van der Waals surface area contributed by atoms with Crippen LogP contribution in [0.3, 0.4) is 0 Å². The zero-order valence-electron chi connectivity index (χ0n) is 11.7. The first-order valence-corrected chi connectivity index (χ1v) is 6.72. The highest BCUT2D eigenvalue weighted by atomic mass is 15.3. The van der Waals surface area contributed by atoms with E-state index in [4.69, 9.17) is 0 Å². The summed E-state index contributed by atoms with van der Waals surface area (Å²) in [6.07, 6.45) is 5.10. The largest absolute Gasteiger partial charge is 0.316 e. The van der Waals surface area contributed by atoms with E-state index in [0.29, 0.717) is 0 Å². The molecule has 1 unspecified atom stereocenters. The van der Waals surface area contributed by atoms with E-state index in [9.17, 15) is 0 Å². The van der Waals surface area contributed by atoms with Crippen molar-refractivity contribution in [3.63, 3.8) is 0 Å². The van der Waals surface area contributed by atoms with Gasteiger partial charge < -0.3 is 5.32 Å². The third kappa shape index (κ3) is 4.11. The summed E-state index contributed by atoms with van der Waals surface area (Å²) in [5.41, 5.74) is 0.282. The van der Waals surface area contributed by atoms with Crippen LogP contribution < -0.4 is 5.32 Å². The normalized spacial score (nSPS) is 14.8. The van der Waals surface area contributed by atoms with Crippen molar-refractivity contribution >= 4 is 0 Å². The van der Waals surface area contributed by atoms with Gasteiger partial charge in [-0.05, 0) is 25.3 Å². The molecule has 0 aliphatic rings. The van der Waals surface area contributed by atoms with Gasteiger partial charge in [-0.25, -0.2) is 4.98 Å². The predicted molar refractivity (Wildman–Crippen MR) is 71.0 cm³/mol. The van der Waals surface area contributed by atoms with Crippen molar-refractivity contribution in [1.82, 2.24) is 20.1 Å². The highest BCUT2D eigenvalue weighted by molar-refractivity contribution is 4.93. The molecule has 1 atom stereocenters. The Hall–Kier alpha value is -0.900. The summed E-state index contributed by atoms with van der Waals surface area (Å²) in [6.45, 7) is 11.8. The van der Waals surface area contributed by atoms with Crippen LogP contribution in [-0.2, 0) is 13.0 Å². The van der Waals surface area contributed by atoms with Crippen LogP contribution in [0.1, 0.15) is 46.4 Å². The first-order chi connectivity index (χ1) is 8.15. The van der Waals surface area contributed by atoms with Gasteiger partial charge in [0.25, 0.3) is 0 Å². The molecule has 0 bridgehead atoms. The molecule has 17 heavy (non-hydrogen) atoms. The van der Waals surface area contributed by atoms with Gasteiger partial charge in [0.1, 0.15) is 12.2 Å². The second kappa shape index (κ2) is 6.74. The molecule has 1 N–H and O–H groups in total. The summed E-state index contributed by atoms with van der Waals surface area (Å²) < 4.78 is 2.00. The van der Waals surface area contributed by atoms with Crippen molar-refractivity contribution in [2.45, 2.75) is 53.5 Å². The van der Waals surface area contributed by atoms with Crippen LogP contribution in [0, 0.1) is 5.41 Å². The second-order valence-electron chi connectivity index (χ2n) is 5.01. The lowest BCUT2D eigenvalue weighted by molar-refractivity contribution is 0.267. The highest BCUT2D eigenvalue weighted by Gasteiger charge is 2.25. The second-order valence-corrected chi connectivity index (χ2v) is 5.01. The molecule has 1 aromatic heterocycles. The van der Waals surface area contributed by atoms with Gasteiger partial charge in [0.2, 0.25) is 0 Å². The molecule has 98 valence electrons. The van der Waals surface area contributed by atoms with Crippen LogP contribution in [0.2, 0.25) is 0 Å². The maximum Gasteiger partial charge on any atom is 0.138 e. The van der Waals surface area contributed by atoms with E-state index in [2.05, 4.69) is 43.1 Å². The zero-order chi connectivity index (χ0) is 12.7. The summed E-state index contributed by atoms with van der Waals surface area (Å²) in [4.78, 5) is 4.39. The van der Waals surface area contributed by atoms with Gasteiger partial charge >= 0.3 is 0 Å². The third-order valence-corrected chi connectivity index (χ3v) is 3.24. The molecule has 0 aromatic carbocycles. The molecule has 0 fully saturated rings. The molecule has 0 aliphatic heterocycles. The Morgan fingerprint density at radius 1 is 1.35 bits per heavy atom. The lowest BCUT2D eigenvalue weighted by Crippen LogP contribution is -2.34. The van der Waals surface area contributed by atoms with E-state index in [1.54, 1.807) is 6.33 Å². The minimum Gasteiger partial charge on any atom is -0.316 e. The summed E-state index contributed by atoms with van der Waals surface area (Å²) >= 11 is 0. The molecular formula is C13H26N4. The number of hydrogen-bond donors (Lipinski definition) is 1.